The van der Waals surface area contributed by atoms with Gasteiger partial charge in [-0.05, 0) is 29.8 Å². The normalized spacial score (nSPS) is 15.8. The van der Waals surface area contributed by atoms with Crippen LogP contribution in [0.25, 0.3) is 6.08 Å². The van der Waals surface area contributed by atoms with Crippen molar-refractivity contribution in [3.05, 3.63) is 71.2 Å². The molecule has 5 nitrogen and oxygen atoms in total. The molecule has 1 aliphatic rings. The number of ether oxygens (including phenoxy) is 1. The highest BCUT2D eigenvalue weighted by atomic mass is 19.1. The van der Waals surface area contributed by atoms with E-state index in [9.17, 15) is 14.0 Å². The monoisotopic (exact) mass is 326 g/mol. The maximum atomic E-state index is 13.7. The minimum absolute atomic E-state index is 0.114. The number of carbonyl (C=O) groups excluding carboxylic acids is 2. The number of rotatable bonds is 4. The van der Waals surface area contributed by atoms with Gasteiger partial charge in [0.25, 0.3) is 5.91 Å². The molecular weight excluding hydrogens is 311 g/mol. The van der Waals surface area contributed by atoms with Crippen molar-refractivity contribution in [3.8, 4) is 5.75 Å². The first-order valence-electron chi connectivity index (χ1n) is 7.30. The van der Waals surface area contributed by atoms with Crippen molar-refractivity contribution in [2.45, 2.75) is 6.54 Å². The molecular formula is C18H15FN2O3. The summed E-state index contributed by atoms with van der Waals surface area (Å²) in [5.41, 5.74) is 1.18. The third kappa shape index (κ3) is 3.12. The molecule has 0 radical (unpaired) electrons. The van der Waals surface area contributed by atoms with Crippen LogP contribution >= 0.6 is 0 Å². The van der Waals surface area contributed by atoms with Crippen LogP contribution in [0.5, 0.6) is 5.75 Å². The Kier molecular flexibility index (Phi) is 4.29. The van der Waals surface area contributed by atoms with Crippen molar-refractivity contribution in [3.63, 3.8) is 0 Å². The van der Waals surface area contributed by atoms with Gasteiger partial charge in [-0.3, -0.25) is 9.69 Å². The molecule has 122 valence electrons. The summed E-state index contributed by atoms with van der Waals surface area (Å²) in [6, 6.07) is 12.5. The number of nitrogens with one attached hydrogen (secondary N) is 1. The van der Waals surface area contributed by atoms with Gasteiger partial charge in [0.2, 0.25) is 0 Å². The van der Waals surface area contributed by atoms with Crippen LogP contribution in [0.1, 0.15) is 11.1 Å². The maximum Gasteiger partial charge on any atom is 0.329 e. The molecule has 0 bridgehead atoms. The molecule has 0 spiro atoms. The second-order valence-electron chi connectivity index (χ2n) is 5.24. The van der Waals surface area contributed by atoms with Crippen LogP contribution in [0, 0.1) is 5.82 Å². The number of benzene rings is 2. The molecule has 1 fully saturated rings. The van der Waals surface area contributed by atoms with Crippen molar-refractivity contribution >= 4 is 18.0 Å². The Morgan fingerprint density at radius 2 is 1.83 bits per heavy atom. The van der Waals surface area contributed by atoms with Crippen LogP contribution in [-0.2, 0) is 11.3 Å². The van der Waals surface area contributed by atoms with Crippen LogP contribution in [0.2, 0.25) is 0 Å². The highest BCUT2D eigenvalue weighted by Crippen LogP contribution is 2.19. The summed E-state index contributed by atoms with van der Waals surface area (Å²) in [6.45, 7) is -0.114. The van der Waals surface area contributed by atoms with Crippen molar-refractivity contribution in [2.75, 3.05) is 7.11 Å². The van der Waals surface area contributed by atoms with E-state index in [1.807, 2.05) is 0 Å². The lowest BCUT2D eigenvalue weighted by Gasteiger charge is -2.12. The number of amides is 3. The van der Waals surface area contributed by atoms with E-state index in [4.69, 9.17) is 4.74 Å². The van der Waals surface area contributed by atoms with E-state index < -0.39 is 17.8 Å². The molecule has 24 heavy (non-hydrogen) atoms. The molecule has 2 aromatic carbocycles. The lowest BCUT2D eigenvalue weighted by atomic mass is 10.1. The van der Waals surface area contributed by atoms with Gasteiger partial charge >= 0.3 is 6.03 Å². The smallest absolute Gasteiger partial charge is 0.329 e. The van der Waals surface area contributed by atoms with Gasteiger partial charge in [0.1, 0.15) is 17.3 Å². The van der Waals surface area contributed by atoms with E-state index in [1.165, 1.54) is 6.07 Å². The Hall–Kier alpha value is -3.15. The predicted octanol–water partition coefficient (Wildman–Crippen LogP) is 2.93. The van der Waals surface area contributed by atoms with E-state index in [2.05, 4.69) is 5.32 Å². The van der Waals surface area contributed by atoms with Gasteiger partial charge in [-0.25, -0.2) is 9.18 Å². The van der Waals surface area contributed by atoms with E-state index in [1.54, 1.807) is 55.7 Å². The van der Waals surface area contributed by atoms with Gasteiger partial charge in [0.15, 0.2) is 0 Å². The average Bonchev–Trinajstić information content (AvgIpc) is 2.85. The topological polar surface area (TPSA) is 58.6 Å². The number of methoxy groups -OCH3 is 1. The van der Waals surface area contributed by atoms with Crippen LogP contribution in [0.4, 0.5) is 9.18 Å². The molecule has 2 aromatic rings. The zero-order chi connectivity index (χ0) is 17.1. The Balaban J connectivity index is 1.80. The Morgan fingerprint density at radius 1 is 1.12 bits per heavy atom. The summed E-state index contributed by atoms with van der Waals surface area (Å²) in [7, 11) is 1.56. The van der Waals surface area contributed by atoms with E-state index in [0.717, 1.165) is 10.5 Å². The molecule has 1 aliphatic heterocycles. The number of nitrogens with zero attached hydrogens (tertiary/aromatic N) is 1. The third-order valence-electron chi connectivity index (χ3n) is 3.68. The van der Waals surface area contributed by atoms with Gasteiger partial charge in [0, 0.05) is 5.56 Å². The highest BCUT2D eigenvalue weighted by Gasteiger charge is 2.33. The lowest BCUT2D eigenvalue weighted by Crippen LogP contribution is -2.30. The first kappa shape index (κ1) is 15.7. The number of hydrogen-bond donors (Lipinski definition) is 1. The van der Waals surface area contributed by atoms with Crippen molar-refractivity contribution < 1.29 is 18.7 Å². The summed E-state index contributed by atoms with van der Waals surface area (Å²) >= 11 is 0. The molecule has 0 saturated carbocycles. The summed E-state index contributed by atoms with van der Waals surface area (Å²) in [4.78, 5) is 25.4. The van der Waals surface area contributed by atoms with Gasteiger partial charge in [0.05, 0.1) is 13.7 Å². The molecule has 1 saturated heterocycles. The quantitative estimate of drug-likeness (QED) is 0.694. The fourth-order valence-corrected chi connectivity index (χ4v) is 2.38. The Bertz CT molecular complexity index is 815. The molecule has 0 aliphatic carbocycles. The SMILES string of the molecule is COc1ccc(/C=C2\NC(=O)N(Cc3ccccc3F)C2=O)cc1. The third-order valence-corrected chi connectivity index (χ3v) is 3.68. The van der Waals surface area contributed by atoms with Crippen LogP contribution in [-0.4, -0.2) is 23.9 Å². The van der Waals surface area contributed by atoms with E-state index >= 15 is 0 Å². The van der Waals surface area contributed by atoms with Crippen LogP contribution in [0.3, 0.4) is 0 Å². The zero-order valence-electron chi connectivity index (χ0n) is 13.0. The van der Waals surface area contributed by atoms with Crippen molar-refractivity contribution in [1.29, 1.82) is 0 Å². The summed E-state index contributed by atoms with van der Waals surface area (Å²) in [5.74, 6) is -0.245. The maximum absolute atomic E-state index is 13.7. The predicted molar refractivity (Wildman–Crippen MR) is 86.5 cm³/mol. The minimum Gasteiger partial charge on any atom is -0.497 e. The summed E-state index contributed by atoms with van der Waals surface area (Å²) in [5, 5.41) is 2.52. The van der Waals surface area contributed by atoms with Crippen LogP contribution in [0.15, 0.2) is 54.2 Å². The minimum atomic E-state index is -0.567. The van der Waals surface area contributed by atoms with Gasteiger partial charge in [-0.2, -0.15) is 0 Å². The number of carbonyl (C=O) groups is 2. The average molecular weight is 326 g/mol. The zero-order valence-corrected chi connectivity index (χ0v) is 13.0. The van der Waals surface area contributed by atoms with Crippen molar-refractivity contribution in [1.82, 2.24) is 10.2 Å². The van der Waals surface area contributed by atoms with E-state index in [0.29, 0.717) is 5.75 Å². The van der Waals surface area contributed by atoms with Gasteiger partial charge < -0.3 is 10.1 Å². The van der Waals surface area contributed by atoms with Crippen LogP contribution < -0.4 is 10.1 Å². The Labute approximate surface area is 138 Å². The lowest BCUT2D eigenvalue weighted by molar-refractivity contribution is -0.123. The highest BCUT2D eigenvalue weighted by molar-refractivity contribution is 6.13. The molecule has 0 unspecified atom stereocenters. The molecule has 1 heterocycles. The fourth-order valence-electron chi connectivity index (χ4n) is 2.38. The number of halogens is 1. The van der Waals surface area contributed by atoms with Crippen molar-refractivity contribution in [2.24, 2.45) is 0 Å². The molecule has 0 atom stereocenters. The summed E-state index contributed by atoms with van der Waals surface area (Å²) in [6.07, 6.45) is 1.57. The summed E-state index contributed by atoms with van der Waals surface area (Å²) < 4.78 is 18.8. The second-order valence-corrected chi connectivity index (χ2v) is 5.24. The number of urea groups is 1. The molecule has 0 aromatic heterocycles. The standard InChI is InChI=1S/C18H15FN2O3/c1-24-14-8-6-12(7-9-14)10-16-17(22)21(18(23)20-16)11-13-4-2-3-5-15(13)19/h2-10H,11H2,1H3,(H,20,23)/b16-10-. The number of hydrogen-bond acceptors (Lipinski definition) is 3. The Morgan fingerprint density at radius 3 is 2.50 bits per heavy atom. The van der Waals surface area contributed by atoms with E-state index in [-0.39, 0.29) is 17.8 Å². The first-order valence-corrected chi connectivity index (χ1v) is 7.30. The largest absolute Gasteiger partial charge is 0.497 e. The molecule has 1 N–H and O–H groups in total. The van der Waals surface area contributed by atoms with Gasteiger partial charge in [-0.1, -0.05) is 30.3 Å². The van der Waals surface area contributed by atoms with Gasteiger partial charge in [-0.15, -0.1) is 0 Å². The first-order chi connectivity index (χ1) is 11.6. The fraction of sp³-hybridized carbons (Fsp3) is 0.111. The molecule has 3 rings (SSSR count). The molecule has 3 amide bonds. The molecule has 6 heteroatoms. The second kappa shape index (κ2) is 6.54. The number of imide groups is 1.